The summed E-state index contributed by atoms with van der Waals surface area (Å²) in [7, 11) is -3.08. The molecule has 0 spiro atoms. The highest BCUT2D eigenvalue weighted by Crippen LogP contribution is 2.29. The van der Waals surface area contributed by atoms with Crippen LogP contribution in [-0.4, -0.2) is 31.4 Å². The molecule has 22 heavy (non-hydrogen) atoms. The van der Waals surface area contributed by atoms with Crippen LogP contribution in [0.2, 0.25) is 5.02 Å². The molecule has 1 aliphatic rings. The van der Waals surface area contributed by atoms with Crippen molar-refractivity contribution in [1.82, 2.24) is 5.32 Å². The smallest absolute Gasteiger partial charge is 0.287 e. The number of benzene rings is 1. The summed E-state index contributed by atoms with van der Waals surface area (Å²) in [5, 5.41) is 4.15. The number of rotatable bonds is 2. The molecule has 1 atom stereocenters. The number of fused-ring (bicyclic) bond motifs is 1. The van der Waals surface area contributed by atoms with Gasteiger partial charge in [0.2, 0.25) is 0 Å². The van der Waals surface area contributed by atoms with E-state index in [1.54, 1.807) is 32.0 Å². The van der Waals surface area contributed by atoms with Crippen molar-refractivity contribution < 1.29 is 17.6 Å². The second-order valence-electron chi connectivity index (χ2n) is 6.05. The van der Waals surface area contributed by atoms with Gasteiger partial charge in [0.1, 0.15) is 5.58 Å². The van der Waals surface area contributed by atoms with Gasteiger partial charge < -0.3 is 9.73 Å². The topological polar surface area (TPSA) is 76.4 Å². The zero-order chi connectivity index (χ0) is 16.1. The molecule has 0 aliphatic carbocycles. The number of hydrogen-bond acceptors (Lipinski definition) is 4. The van der Waals surface area contributed by atoms with Crippen molar-refractivity contribution in [2.75, 3.05) is 11.5 Å². The molecule has 2 heterocycles. The Hall–Kier alpha value is -1.53. The van der Waals surface area contributed by atoms with Gasteiger partial charge in [0.05, 0.1) is 17.0 Å². The molecular formula is C15H16ClNO4S. The number of amides is 1. The summed E-state index contributed by atoms with van der Waals surface area (Å²) < 4.78 is 28.8. The average molecular weight is 342 g/mol. The first kappa shape index (κ1) is 15.4. The van der Waals surface area contributed by atoms with E-state index in [4.69, 9.17) is 16.0 Å². The van der Waals surface area contributed by atoms with Gasteiger partial charge in [-0.05, 0) is 38.5 Å². The maximum Gasteiger partial charge on any atom is 0.287 e. The summed E-state index contributed by atoms with van der Waals surface area (Å²) in [4.78, 5) is 12.5. The summed E-state index contributed by atoms with van der Waals surface area (Å²) in [6, 6.07) is 5.15. The predicted octanol–water partition coefficient (Wildman–Crippen LogP) is 2.70. The zero-order valence-electron chi connectivity index (χ0n) is 12.3. The van der Waals surface area contributed by atoms with Crippen molar-refractivity contribution in [2.45, 2.75) is 25.8 Å². The van der Waals surface area contributed by atoms with Gasteiger partial charge in [-0.3, -0.25) is 4.79 Å². The Morgan fingerprint density at radius 2 is 2.14 bits per heavy atom. The van der Waals surface area contributed by atoms with Crippen LogP contribution >= 0.6 is 11.6 Å². The van der Waals surface area contributed by atoms with E-state index in [9.17, 15) is 13.2 Å². The Labute approximate surface area is 133 Å². The van der Waals surface area contributed by atoms with Crippen molar-refractivity contribution >= 4 is 38.3 Å². The molecule has 5 nitrogen and oxygen atoms in total. The van der Waals surface area contributed by atoms with E-state index in [1.165, 1.54) is 0 Å². The molecule has 1 N–H and O–H groups in total. The minimum Gasteiger partial charge on any atom is -0.451 e. The highest BCUT2D eigenvalue weighted by Gasteiger charge is 2.40. The molecule has 1 aromatic heterocycles. The lowest BCUT2D eigenvalue weighted by molar-refractivity contribution is 0.0888. The summed E-state index contributed by atoms with van der Waals surface area (Å²) in [6.07, 6.45) is 0.409. The van der Waals surface area contributed by atoms with Crippen LogP contribution in [0.1, 0.15) is 29.5 Å². The number of carbonyl (C=O) groups excluding carboxylic acids is 1. The third kappa shape index (κ3) is 2.73. The molecule has 3 rings (SSSR count). The van der Waals surface area contributed by atoms with Crippen LogP contribution in [0, 0.1) is 6.92 Å². The van der Waals surface area contributed by atoms with E-state index >= 15 is 0 Å². The lowest BCUT2D eigenvalue weighted by atomic mass is 10.0. The van der Waals surface area contributed by atoms with Gasteiger partial charge in [-0.15, -0.1) is 0 Å². The number of aryl methyl sites for hydroxylation is 1. The van der Waals surface area contributed by atoms with Gasteiger partial charge in [0.15, 0.2) is 15.6 Å². The fraction of sp³-hybridized carbons (Fsp3) is 0.400. The summed E-state index contributed by atoms with van der Waals surface area (Å²) in [6.45, 7) is 3.52. The Kier molecular flexibility index (Phi) is 3.49. The molecule has 0 radical (unpaired) electrons. The average Bonchev–Trinajstić information content (AvgIpc) is 2.87. The molecule has 0 bridgehead atoms. The van der Waals surface area contributed by atoms with E-state index in [0.29, 0.717) is 22.6 Å². The third-order valence-electron chi connectivity index (χ3n) is 4.02. The van der Waals surface area contributed by atoms with Crippen molar-refractivity contribution in [1.29, 1.82) is 0 Å². The molecule has 0 saturated carbocycles. The van der Waals surface area contributed by atoms with Crippen LogP contribution in [0.15, 0.2) is 22.6 Å². The Bertz CT molecular complexity index is 871. The van der Waals surface area contributed by atoms with Crippen molar-refractivity contribution in [3.05, 3.63) is 34.5 Å². The monoisotopic (exact) mass is 341 g/mol. The van der Waals surface area contributed by atoms with Crippen LogP contribution in [-0.2, 0) is 9.84 Å². The van der Waals surface area contributed by atoms with Crippen LogP contribution in [0.25, 0.3) is 11.0 Å². The summed E-state index contributed by atoms with van der Waals surface area (Å²) >= 11 is 5.96. The number of hydrogen-bond donors (Lipinski definition) is 1. The molecule has 1 amide bonds. The van der Waals surface area contributed by atoms with Gasteiger partial charge in [0.25, 0.3) is 5.91 Å². The van der Waals surface area contributed by atoms with E-state index < -0.39 is 21.3 Å². The summed E-state index contributed by atoms with van der Waals surface area (Å²) in [5.41, 5.74) is 0.523. The highest BCUT2D eigenvalue weighted by atomic mass is 35.5. The fourth-order valence-electron chi connectivity index (χ4n) is 2.85. The van der Waals surface area contributed by atoms with Gasteiger partial charge >= 0.3 is 0 Å². The second-order valence-corrected chi connectivity index (χ2v) is 8.67. The Morgan fingerprint density at radius 1 is 1.41 bits per heavy atom. The minimum atomic E-state index is -3.08. The highest BCUT2D eigenvalue weighted by molar-refractivity contribution is 7.91. The van der Waals surface area contributed by atoms with Crippen molar-refractivity contribution in [3.8, 4) is 0 Å². The largest absolute Gasteiger partial charge is 0.451 e. The first-order valence-corrected chi connectivity index (χ1v) is 9.11. The van der Waals surface area contributed by atoms with E-state index in [2.05, 4.69) is 5.32 Å². The van der Waals surface area contributed by atoms with E-state index in [0.717, 1.165) is 5.39 Å². The molecule has 118 valence electrons. The fourth-order valence-corrected chi connectivity index (χ4v) is 5.11. The summed E-state index contributed by atoms with van der Waals surface area (Å²) in [5.74, 6) is -0.151. The Balaban J connectivity index is 1.91. The van der Waals surface area contributed by atoms with Crippen LogP contribution < -0.4 is 5.32 Å². The van der Waals surface area contributed by atoms with E-state index in [-0.39, 0.29) is 17.3 Å². The van der Waals surface area contributed by atoms with Crippen LogP contribution in [0.4, 0.5) is 0 Å². The van der Waals surface area contributed by atoms with Crippen LogP contribution in [0.3, 0.4) is 0 Å². The zero-order valence-corrected chi connectivity index (χ0v) is 13.8. The normalized spacial score (nSPS) is 23.8. The van der Waals surface area contributed by atoms with Gasteiger partial charge in [-0.25, -0.2) is 8.42 Å². The molecule has 0 unspecified atom stereocenters. The second kappa shape index (κ2) is 4.99. The van der Waals surface area contributed by atoms with Gasteiger partial charge in [-0.2, -0.15) is 0 Å². The lowest BCUT2D eigenvalue weighted by Crippen LogP contribution is -2.47. The lowest BCUT2D eigenvalue weighted by Gasteiger charge is -2.23. The minimum absolute atomic E-state index is 0.0448. The standard InChI is InChI=1S/C15H16ClNO4S/c1-9-11-7-10(16)3-4-12(11)21-13(9)14(18)17-15(2)5-6-22(19,20)8-15/h3-4,7H,5-6,8H2,1-2H3,(H,17,18)/t15-/m0/s1. The maximum absolute atomic E-state index is 12.5. The number of carbonyl (C=O) groups is 1. The molecular weight excluding hydrogens is 326 g/mol. The van der Waals surface area contributed by atoms with Crippen LogP contribution in [0.5, 0.6) is 0 Å². The Morgan fingerprint density at radius 3 is 2.77 bits per heavy atom. The predicted molar refractivity (Wildman–Crippen MR) is 85.1 cm³/mol. The SMILES string of the molecule is Cc1c(C(=O)N[C@@]2(C)CCS(=O)(=O)C2)oc2ccc(Cl)cc12. The molecule has 1 fully saturated rings. The first-order chi connectivity index (χ1) is 10.2. The molecule has 1 aromatic carbocycles. The first-order valence-electron chi connectivity index (χ1n) is 6.91. The molecule has 2 aromatic rings. The molecule has 1 aliphatic heterocycles. The maximum atomic E-state index is 12.5. The molecule has 7 heteroatoms. The quantitative estimate of drug-likeness (QED) is 0.911. The third-order valence-corrected chi connectivity index (χ3v) is 6.16. The van der Waals surface area contributed by atoms with Crippen molar-refractivity contribution in [3.63, 3.8) is 0 Å². The van der Waals surface area contributed by atoms with Gasteiger partial charge in [0, 0.05) is 16.0 Å². The van der Waals surface area contributed by atoms with Gasteiger partial charge in [-0.1, -0.05) is 11.6 Å². The van der Waals surface area contributed by atoms with Crippen molar-refractivity contribution in [2.24, 2.45) is 0 Å². The number of furan rings is 1. The number of nitrogens with one attached hydrogen (secondary N) is 1. The number of sulfone groups is 1. The number of halogens is 1. The molecule has 1 saturated heterocycles. The van der Waals surface area contributed by atoms with E-state index in [1.807, 2.05) is 0 Å².